The van der Waals surface area contributed by atoms with Gasteiger partial charge in [0.15, 0.2) is 0 Å². The number of aromatic amines is 2. The van der Waals surface area contributed by atoms with E-state index in [1.54, 1.807) is 12.1 Å². The van der Waals surface area contributed by atoms with Crippen molar-refractivity contribution in [3.8, 4) is 33.4 Å². The largest absolute Gasteiger partial charge is 0.354 e. The highest BCUT2D eigenvalue weighted by Gasteiger charge is 2.18. The molecule has 0 saturated carbocycles. The lowest BCUT2D eigenvalue weighted by atomic mass is 10.0. The lowest BCUT2D eigenvalue weighted by Gasteiger charge is -2.06. The molecule has 0 atom stereocenters. The molecule has 0 aliphatic carbocycles. The molecule has 0 spiro atoms. The Bertz CT molecular complexity index is 2350. The van der Waals surface area contributed by atoms with Crippen molar-refractivity contribution in [2.45, 2.75) is 0 Å². The number of nitrogens with zero attached hydrogens (tertiary/aromatic N) is 3. The van der Waals surface area contributed by atoms with Crippen LogP contribution in [0.5, 0.6) is 0 Å². The van der Waals surface area contributed by atoms with Crippen LogP contribution in [-0.4, -0.2) is 24.9 Å². The third kappa shape index (κ3) is 4.85. The van der Waals surface area contributed by atoms with Gasteiger partial charge in [-0.05, 0) is 93.3 Å². The van der Waals surface area contributed by atoms with E-state index >= 15 is 0 Å². The van der Waals surface area contributed by atoms with Gasteiger partial charge in [0.2, 0.25) is 0 Å². The van der Waals surface area contributed by atoms with Crippen LogP contribution in [0, 0.1) is 10.1 Å². The number of nitro groups is 1. The SMILES string of the molecule is O=[N+]([O-])c1ccc(-c2c3nc(c(-c4ccccc4)c4ccc([nH]4)c(Br)c4nc(c(-c5ccccc5)c5ccc2[nH]5)C=C4)C=C3)cc1. The van der Waals surface area contributed by atoms with Gasteiger partial charge in [-0.3, -0.25) is 10.1 Å². The van der Waals surface area contributed by atoms with Crippen LogP contribution in [0.1, 0.15) is 22.8 Å². The summed E-state index contributed by atoms with van der Waals surface area (Å²) in [6, 6.07) is 35.2. The van der Waals surface area contributed by atoms with Crippen LogP contribution in [-0.2, 0) is 0 Å². The van der Waals surface area contributed by atoms with Gasteiger partial charge in [0.05, 0.1) is 37.7 Å². The molecule has 2 N–H and O–H groups in total. The molecular formula is C38H24BrN5O2. The monoisotopic (exact) mass is 661 g/mol. The molecule has 0 amide bonds. The summed E-state index contributed by atoms with van der Waals surface area (Å²) in [5.41, 5.74) is 12.3. The van der Waals surface area contributed by atoms with Gasteiger partial charge in [0.25, 0.3) is 5.69 Å². The number of halogens is 1. The highest BCUT2D eigenvalue weighted by atomic mass is 79.9. The van der Waals surface area contributed by atoms with E-state index in [0.717, 1.165) is 82.7 Å². The number of hydrogen-bond donors (Lipinski definition) is 2. The number of rotatable bonds is 4. The fourth-order valence-corrected chi connectivity index (χ4v) is 6.49. The van der Waals surface area contributed by atoms with Crippen molar-refractivity contribution in [2.75, 3.05) is 0 Å². The minimum absolute atomic E-state index is 0.0314. The predicted molar refractivity (Wildman–Crippen MR) is 190 cm³/mol. The van der Waals surface area contributed by atoms with E-state index in [2.05, 4.69) is 62.3 Å². The molecule has 0 fully saturated rings. The van der Waals surface area contributed by atoms with Gasteiger partial charge < -0.3 is 9.97 Å². The molecule has 6 aromatic rings. The second-order valence-electron chi connectivity index (χ2n) is 11.0. The van der Waals surface area contributed by atoms with Gasteiger partial charge in [-0.2, -0.15) is 0 Å². The van der Waals surface area contributed by atoms with Crippen LogP contribution in [0.3, 0.4) is 0 Å². The average Bonchev–Trinajstić information content (AvgIpc) is 3.92. The molecule has 8 bridgehead atoms. The first-order valence-electron chi connectivity index (χ1n) is 14.7. The fraction of sp³-hybridized carbons (Fsp3) is 0. The summed E-state index contributed by atoms with van der Waals surface area (Å²) in [7, 11) is 0. The summed E-state index contributed by atoms with van der Waals surface area (Å²) in [5.74, 6) is 0. The number of hydrogen-bond acceptors (Lipinski definition) is 4. The van der Waals surface area contributed by atoms with Crippen LogP contribution in [0.4, 0.5) is 5.69 Å². The highest BCUT2D eigenvalue weighted by molar-refractivity contribution is 9.10. The van der Waals surface area contributed by atoms with E-state index in [1.165, 1.54) is 12.1 Å². The Morgan fingerprint density at radius 3 is 1.37 bits per heavy atom. The van der Waals surface area contributed by atoms with E-state index in [4.69, 9.17) is 9.97 Å². The lowest BCUT2D eigenvalue weighted by molar-refractivity contribution is -0.384. The molecule has 3 aromatic carbocycles. The number of H-pyrrole nitrogens is 2. The second kappa shape index (κ2) is 11.3. The van der Waals surface area contributed by atoms with Crippen molar-refractivity contribution < 1.29 is 4.92 Å². The molecule has 46 heavy (non-hydrogen) atoms. The van der Waals surface area contributed by atoms with Crippen molar-refractivity contribution >= 4 is 68.0 Å². The van der Waals surface area contributed by atoms with E-state index in [0.29, 0.717) is 0 Å². The maximum atomic E-state index is 11.5. The number of aromatic nitrogens is 4. The molecule has 0 radical (unpaired) electrons. The first-order valence-corrected chi connectivity index (χ1v) is 15.5. The smallest absolute Gasteiger partial charge is 0.269 e. The Labute approximate surface area is 271 Å². The van der Waals surface area contributed by atoms with Crippen LogP contribution in [0.25, 0.3) is 79.8 Å². The van der Waals surface area contributed by atoms with Crippen molar-refractivity contribution in [1.82, 2.24) is 19.9 Å². The highest BCUT2D eigenvalue weighted by Crippen LogP contribution is 2.37. The standard InChI is InChI=1S/C38H24BrN5O2/c39-38-33-21-19-31(42-33)35(23-7-3-1-4-8-23)27-15-17-29(40-27)37(25-11-13-26(14-12-25)44(45)46)30-18-16-28(41-30)36(24-9-5-2-6-10-24)32-20-22-34(38)43-32/h1-22,40,43H. The normalized spacial score (nSPS) is 12.0. The summed E-state index contributed by atoms with van der Waals surface area (Å²) in [5, 5.41) is 11.5. The summed E-state index contributed by atoms with van der Waals surface area (Å²) in [6.45, 7) is 0. The van der Waals surface area contributed by atoms with Crippen molar-refractivity contribution in [3.63, 3.8) is 0 Å². The van der Waals surface area contributed by atoms with Gasteiger partial charge >= 0.3 is 0 Å². The fourth-order valence-electron chi connectivity index (χ4n) is 6.04. The molecular weight excluding hydrogens is 638 g/mol. The Balaban J connectivity index is 1.54. The van der Waals surface area contributed by atoms with Gasteiger partial charge in [0.1, 0.15) is 0 Å². The zero-order chi connectivity index (χ0) is 31.2. The topological polar surface area (TPSA) is 100 Å². The summed E-state index contributed by atoms with van der Waals surface area (Å²) >= 11 is 3.83. The summed E-state index contributed by atoms with van der Waals surface area (Å²) < 4.78 is 0.856. The van der Waals surface area contributed by atoms with E-state index < -0.39 is 0 Å². The Hall–Kier alpha value is -5.86. The van der Waals surface area contributed by atoms with Crippen molar-refractivity contribution in [3.05, 3.63) is 147 Å². The first kappa shape index (κ1) is 27.7. The van der Waals surface area contributed by atoms with E-state index in [1.807, 2.05) is 72.8 Å². The van der Waals surface area contributed by atoms with Crippen LogP contribution >= 0.6 is 15.9 Å². The van der Waals surface area contributed by atoms with Crippen LogP contribution in [0.15, 0.2) is 114 Å². The zero-order valence-corrected chi connectivity index (χ0v) is 25.8. The maximum absolute atomic E-state index is 11.5. The molecule has 2 aliphatic heterocycles. The zero-order valence-electron chi connectivity index (χ0n) is 24.2. The van der Waals surface area contributed by atoms with Crippen molar-refractivity contribution in [2.24, 2.45) is 0 Å². The molecule has 2 aliphatic rings. The molecule has 0 saturated heterocycles. The second-order valence-corrected chi connectivity index (χ2v) is 11.8. The number of benzene rings is 3. The van der Waals surface area contributed by atoms with Gasteiger partial charge in [0, 0.05) is 45.4 Å². The first-order chi connectivity index (χ1) is 22.5. The minimum Gasteiger partial charge on any atom is -0.354 e. The summed E-state index contributed by atoms with van der Waals surface area (Å²) in [6.07, 6.45) is 8.09. The molecule has 220 valence electrons. The molecule has 8 heteroatoms. The van der Waals surface area contributed by atoms with Gasteiger partial charge in [-0.15, -0.1) is 0 Å². The molecule has 8 rings (SSSR count). The van der Waals surface area contributed by atoms with Crippen molar-refractivity contribution in [1.29, 1.82) is 0 Å². The third-order valence-electron chi connectivity index (χ3n) is 8.18. The maximum Gasteiger partial charge on any atom is 0.269 e. The molecule has 3 aromatic heterocycles. The Morgan fingerprint density at radius 1 is 0.500 bits per heavy atom. The Morgan fingerprint density at radius 2 is 0.891 bits per heavy atom. The molecule has 0 unspecified atom stereocenters. The van der Waals surface area contributed by atoms with E-state index in [-0.39, 0.29) is 10.6 Å². The molecule has 7 nitrogen and oxygen atoms in total. The average molecular weight is 663 g/mol. The van der Waals surface area contributed by atoms with Crippen LogP contribution < -0.4 is 0 Å². The summed E-state index contributed by atoms with van der Waals surface area (Å²) in [4.78, 5) is 28.7. The quantitative estimate of drug-likeness (QED) is 0.145. The predicted octanol–water partition coefficient (Wildman–Crippen LogP) is 10.3. The number of non-ortho nitro benzene ring substituents is 1. The van der Waals surface area contributed by atoms with Crippen LogP contribution in [0.2, 0.25) is 0 Å². The number of fused-ring (bicyclic) bond motifs is 8. The molecule has 5 heterocycles. The third-order valence-corrected chi connectivity index (χ3v) is 9.01. The van der Waals surface area contributed by atoms with Gasteiger partial charge in [-0.25, -0.2) is 9.97 Å². The number of nitrogens with one attached hydrogen (secondary N) is 2. The number of nitro benzene ring substituents is 1. The Kier molecular flexibility index (Phi) is 6.77. The minimum atomic E-state index is -0.386. The lowest BCUT2D eigenvalue weighted by Crippen LogP contribution is -1.90. The van der Waals surface area contributed by atoms with E-state index in [9.17, 15) is 10.1 Å². The van der Waals surface area contributed by atoms with Gasteiger partial charge in [-0.1, -0.05) is 60.7 Å².